The first-order chi connectivity index (χ1) is 12.5. The summed E-state index contributed by atoms with van der Waals surface area (Å²) in [5.74, 6) is -1.26. The molecule has 7 heteroatoms. The zero-order chi connectivity index (χ0) is 18.7. The molecule has 1 saturated heterocycles. The summed E-state index contributed by atoms with van der Waals surface area (Å²) in [6, 6.07) is 9.97. The molecule has 1 amide bonds. The summed E-state index contributed by atoms with van der Waals surface area (Å²) < 4.78 is 14.1. The van der Waals surface area contributed by atoms with Crippen molar-refractivity contribution in [3.8, 4) is 23.5 Å². The average Bonchev–Trinajstić information content (AvgIpc) is 3.01. The van der Waals surface area contributed by atoms with Gasteiger partial charge in [0.15, 0.2) is 12.0 Å². The normalized spacial score (nSPS) is 18.8. The summed E-state index contributed by atoms with van der Waals surface area (Å²) >= 11 is 0. The number of rotatable bonds is 3. The molecule has 2 aromatic rings. The molecule has 0 aliphatic carbocycles. The molecule has 0 radical (unpaired) electrons. The van der Waals surface area contributed by atoms with Crippen LogP contribution in [0, 0.1) is 28.6 Å². The predicted molar refractivity (Wildman–Crippen MR) is 92.0 cm³/mol. The van der Waals surface area contributed by atoms with E-state index >= 15 is 0 Å². The van der Waals surface area contributed by atoms with Crippen molar-refractivity contribution in [1.82, 2.24) is 15.2 Å². The van der Waals surface area contributed by atoms with E-state index in [-0.39, 0.29) is 17.6 Å². The number of aromatic nitrogens is 1. The zero-order valence-electron chi connectivity index (χ0n) is 14.1. The summed E-state index contributed by atoms with van der Waals surface area (Å²) in [5.41, 5.74) is 1.38. The van der Waals surface area contributed by atoms with Crippen LogP contribution in [0.3, 0.4) is 0 Å². The lowest BCUT2D eigenvalue weighted by Gasteiger charge is -2.13. The number of nitriles is 2. The minimum Gasteiger partial charge on any atom is -0.347 e. The maximum absolute atomic E-state index is 14.1. The van der Waals surface area contributed by atoms with Gasteiger partial charge in [-0.3, -0.25) is 9.78 Å². The molecular formula is C19H16FN5O. The first kappa shape index (κ1) is 17.4. The Kier molecular flexibility index (Phi) is 4.81. The van der Waals surface area contributed by atoms with Gasteiger partial charge in [0.05, 0.1) is 29.1 Å². The fourth-order valence-corrected chi connectivity index (χ4v) is 3.06. The van der Waals surface area contributed by atoms with Crippen molar-refractivity contribution in [3.05, 3.63) is 53.5 Å². The van der Waals surface area contributed by atoms with Crippen molar-refractivity contribution in [2.75, 3.05) is 6.54 Å². The maximum atomic E-state index is 14.1. The molecule has 1 aliphatic heterocycles. The molecule has 0 unspecified atom stereocenters. The number of hydrogen-bond acceptors (Lipinski definition) is 5. The summed E-state index contributed by atoms with van der Waals surface area (Å²) in [7, 11) is 0. The van der Waals surface area contributed by atoms with Gasteiger partial charge in [-0.25, -0.2) is 4.39 Å². The van der Waals surface area contributed by atoms with E-state index in [1.807, 2.05) is 13.0 Å². The van der Waals surface area contributed by atoms with Crippen molar-refractivity contribution in [1.29, 1.82) is 10.5 Å². The van der Waals surface area contributed by atoms with Crippen LogP contribution in [0.4, 0.5) is 4.39 Å². The number of carbonyl (C=O) groups is 1. The van der Waals surface area contributed by atoms with Crippen LogP contribution in [0.25, 0.3) is 11.3 Å². The van der Waals surface area contributed by atoms with Gasteiger partial charge in [-0.2, -0.15) is 10.5 Å². The lowest BCUT2D eigenvalue weighted by atomic mass is 10.1. The van der Waals surface area contributed by atoms with E-state index in [1.54, 1.807) is 29.2 Å². The highest BCUT2D eigenvalue weighted by Crippen LogP contribution is 2.22. The molecule has 1 aromatic heterocycles. The molecule has 0 bridgehead atoms. The predicted octanol–water partition coefficient (Wildman–Crippen LogP) is 2.43. The summed E-state index contributed by atoms with van der Waals surface area (Å²) in [5, 5.41) is 20.8. The highest BCUT2D eigenvalue weighted by molar-refractivity contribution is 5.95. The van der Waals surface area contributed by atoms with Crippen LogP contribution in [0.5, 0.6) is 0 Å². The van der Waals surface area contributed by atoms with Crippen LogP contribution in [-0.2, 0) is 0 Å². The second-order valence-electron chi connectivity index (χ2n) is 6.25. The number of pyridine rings is 1. The summed E-state index contributed by atoms with van der Waals surface area (Å²) in [6.07, 6.45) is 3.71. The lowest BCUT2D eigenvalue weighted by molar-refractivity contribution is 0.0934. The minimum absolute atomic E-state index is 0.0388. The largest absolute Gasteiger partial charge is 0.347 e. The van der Waals surface area contributed by atoms with Gasteiger partial charge < -0.3 is 10.2 Å². The molecular weight excluding hydrogens is 333 g/mol. The Morgan fingerprint density at radius 1 is 1.38 bits per heavy atom. The van der Waals surface area contributed by atoms with Crippen LogP contribution < -0.4 is 5.32 Å². The Balaban J connectivity index is 1.83. The summed E-state index contributed by atoms with van der Waals surface area (Å²) in [6.45, 7) is 2.32. The van der Waals surface area contributed by atoms with Gasteiger partial charge in [0.25, 0.3) is 5.91 Å². The van der Waals surface area contributed by atoms with Crippen molar-refractivity contribution in [2.45, 2.75) is 25.4 Å². The van der Waals surface area contributed by atoms with Crippen LogP contribution >= 0.6 is 0 Å². The van der Waals surface area contributed by atoms with E-state index in [0.29, 0.717) is 29.8 Å². The van der Waals surface area contributed by atoms with Crippen molar-refractivity contribution in [2.24, 2.45) is 0 Å². The molecule has 130 valence electrons. The van der Waals surface area contributed by atoms with Gasteiger partial charge in [0, 0.05) is 24.2 Å². The van der Waals surface area contributed by atoms with Gasteiger partial charge in [-0.05, 0) is 31.5 Å². The van der Waals surface area contributed by atoms with Gasteiger partial charge in [-0.15, -0.1) is 0 Å². The van der Waals surface area contributed by atoms with Crippen molar-refractivity contribution >= 4 is 5.91 Å². The smallest absolute Gasteiger partial charge is 0.254 e. The average molecular weight is 349 g/mol. The number of likely N-dealkylation sites (tertiary alicyclic amines) is 1. The Morgan fingerprint density at radius 2 is 2.19 bits per heavy atom. The quantitative estimate of drug-likeness (QED) is 0.859. The maximum Gasteiger partial charge on any atom is 0.254 e. The first-order valence-corrected chi connectivity index (χ1v) is 8.15. The van der Waals surface area contributed by atoms with Crippen LogP contribution in [0.15, 0.2) is 36.5 Å². The third kappa shape index (κ3) is 3.47. The number of benzene rings is 1. The number of halogens is 1. The molecule has 2 heterocycles. The second kappa shape index (κ2) is 7.20. The van der Waals surface area contributed by atoms with Gasteiger partial charge >= 0.3 is 0 Å². The third-order valence-corrected chi connectivity index (χ3v) is 4.43. The monoisotopic (exact) mass is 349 g/mol. The van der Waals surface area contributed by atoms with Gasteiger partial charge in [-0.1, -0.05) is 12.1 Å². The summed E-state index contributed by atoms with van der Waals surface area (Å²) in [4.78, 5) is 18.1. The fraction of sp³-hybridized carbons (Fsp3) is 0.263. The Bertz CT molecular complexity index is 930. The molecule has 1 N–H and O–H groups in total. The highest BCUT2D eigenvalue weighted by atomic mass is 19.1. The first-order valence-electron chi connectivity index (χ1n) is 8.15. The van der Waals surface area contributed by atoms with Crippen molar-refractivity contribution < 1.29 is 9.18 Å². The van der Waals surface area contributed by atoms with Gasteiger partial charge in [0.1, 0.15) is 0 Å². The van der Waals surface area contributed by atoms with E-state index in [9.17, 15) is 9.18 Å². The van der Waals surface area contributed by atoms with E-state index in [1.165, 1.54) is 6.07 Å². The molecule has 1 aliphatic rings. The number of nitrogens with zero attached hydrogens (tertiary/aromatic N) is 4. The number of nitrogens with one attached hydrogen (secondary N) is 1. The molecule has 2 atom stereocenters. The van der Waals surface area contributed by atoms with E-state index in [2.05, 4.69) is 16.5 Å². The van der Waals surface area contributed by atoms with E-state index < -0.39 is 11.7 Å². The zero-order valence-corrected chi connectivity index (χ0v) is 14.1. The highest BCUT2D eigenvalue weighted by Gasteiger charge is 2.30. The minimum atomic E-state index is -0.717. The van der Waals surface area contributed by atoms with Crippen LogP contribution in [0.2, 0.25) is 0 Å². The Morgan fingerprint density at radius 3 is 2.88 bits per heavy atom. The lowest BCUT2D eigenvalue weighted by Crippen LogP contribution is -2.36. The molecule has 1 fully saturated rings. The molecule has 1 aromatic carbocycles. The Labute approximate surface area is 150 Å². The Hall–Kier alpha value is -3.45. The van der Waals surface area contributed by atoms with Crippen molar-refractivity contribution in [3.63, 3.8) is 0 Å². The molecule has 0 saturated carbocycles. The number of carbonyl (C=O) groups excluding carboxylic acids is 1. The van der Waals surface area contributed by atoms with Crippen LogP contribution in [0.1, 0.15) is 29.3 Å². The standard InChI is InChI=1S/C19H16FN5O/c1-12-5-15(10-25(12)11-22)24-19(26)16-7-18(23-9-17(16)20)14-4-2-3-13(6-14)8-21/h2-4,6-7,9,12,15H,5,10H2,1H3,(H,24,26)/t12-,15-/m1/s1. The van der Waals surface area contributed by atoms with Crippen LogP contribution in [-0.4, -0.2) is 34.4 Å². The second-order valence-corrected chi connectivity index (χ2v) is 6.25. The van der Waals surface area contributed by atoms with E-state index in [4.69, 9.17) is 10.5 Å². The van der Waals surface area contributed by atoms with E-state index in [0.717, 1.165) is 6.20 Å². The van der Waals surface area contributed by atoms with Gasteiger partial charge in [0.2, 0.25) is 0 Å². The fourth-order valence-electron chi connectivity index (χ4n) is 3.06. The topological polar surface area (TPSA) is 92.8 Å². The molecule has 26 heavy (non-hydrogen) atoms. The SMILES string of the molecule is C[C@@H]1C[C@@H](NC(=O)c2cc(-c3cccc(C#N)c3)ncc2F)CN1C#N. The molecule has 0 spiro atoms. The molecule has 6 nitrogen and oxygen atoms in total. The number of amides is 1. The number of hydrogen-bond donors (Lipinski definition) is 1. The third-order valence-electron chi connectivity index (χ3n) is 4.43. The molecule has 3 rings (SSSR count).